The summed E-state index contributed by atoms with van der Waals surface area (Å²) in [5, 5.41) is 9.09. The van der Waals surface area contributed by atoms with Crippen LogP contribution in [0.3, 0.4) is 0 Å². The number of carbonyl (C=O) groups excluding carboxylic acids is 2. The van der Waals surface area contributed by atoms with Crippen molar-refractivity contribution in [3.63, 3.8) is 0 Å². The number of carbonyl (C=O) groups is 3. The molecule has 0 aromatic carbocycles. The Morgan fingerprint density at radius 1 is 1.24 bits per heavy atom. The predicted molar refractivity (Wildman–Crippen MR) is 62.1 cm³/mol. The highest BCUT2D eigenvalue weighted by atomic mass is 16.4. The molecule has 0 heterocycles. The van der Waals surface area contributed by atoms with Crippen molar-refractivity contribution >= 4 is 17.8 Å². The van der Waals surface area contributed by atoms with Gasteiger partial charge in [0.1, 0.15) is 0 Å². The van der Waals surface area contributed by atoms with E-state index in [9.17, 15) is 14.4 Å². The highest BCUT2D eigenvalue weighted by Gasteiger charge is 2.35. The largest absolute Gasteiger partial charge is 0.480 e. The van der Waals surface area contributed by atoms with Crippen LogP contribution in [-0.2, 0) is 14.4 Å². The van der Waals surface area contributed by atoms with Crippen LogP contribution in [0, 0.1) is 0 Å². The quantitative estimate of drug-likeness (QED) is 0.702. The number of carboxylic acid groups (broad SMARTS) is 1. The van der Waals surface area contributed by atoms with Crippen molar-refractivity contribution in [3.8, 4) is 0 Å². The summed E-state index contributed by atoms with van der Waals surface area (Å²) in [6.07, 6.45) is 2.10. The van der Waals surface area contributed by atoms with Crippen LogP contribution >= 0.6 is 0 Å². The molecule has 0 aromatic rings. The van der Waals surface area contributed by atoms with Crippen LogP contribution in [0.15, 0.2) is 0 Å². The van der Waals surface area contributed by atoms with E-state index in [2.05, 4.69) is 0 Å². The lowest BCUT2D eigenvalue weighted by Gasteiger charge is -2.29. The fourth-order valence-electron chi connectivity index (χ4n) is 1.70. The molecular weight excluding hydrogens is 224 g/mol. The minimum absolute atomic E-state index is 0.463. The number of unbranched alkanes of at least 4 members (excludes halogenated alkanes) is 1. The smallest absolute Gasteiger partial charge is 0.328 e. The zero-order chi connectivity index (χ0) is 13.6. The summed E-state index contributed by atoms with van der Waals surface area (Å²) >= 11 is 0. The van der Waals surface area contributed by atoms with Gasteiger partial charge in [0.05, 0.1) is 0 Å². The molecule has 0 fully saturated rings. The molecule has 0 aromatic heterocycles. The molecule has 17 heavy (non-hydrogen) atoms. The second-order valence-corrected chi connectivity index (χ2v) is 4.00. The normalized spacial score (nSPS) is 13.9. The maximum atomic E-state index is 11.3. The van der Waals surface area contributed by atoms with Crippen LogP contribution in [0.4, 0.5) is 0 Å². The molecule has 1 unspecified atom stereocenters. The Morgan fingerprint density at radius 3 is 2.00 bits per heavy atom. The van der Waals surface area contributed by atoms with Crippen molar-refractivity contribution in [1.29, 1.82) is 0 Å². The molecule has 0 radical (unpaired) electrons. The van der Waals surface area contributed by atoms with Crippen molar-refractivity contribution in [1.82, 2.24) is 4.90 Å². The lowest BCUT2D eigenvalue weighted by molar-refractivity contribution is -0.157. The van der Waals surface area contributed by atoms with E-state index in [1.54, 1.807) is 0 Å². The monoisotopic (exact) mass is 244 g/mol. The molecule has 0 rings (SSSR count). The van der Waals surface area contributed by atoms with Crippen LogP contribution in [0.5, 0.6) is 0 Å². The van der Waals surface area contributed by atoms with Gasteiger partial charge in [-0.25, -0.2) is 4.79 Å². The zero-order valence-electron chi connectivity index (χ0n) is 10.5. The Hall–Kier alpha value is -1.43. The number of nitrogens with zero attached hydrogens (tertiary/aromatic N) is 1. The molecule has 0 bridgehead atoms. The summed E-state index contributed by atoms with van der Waals surface area (Å²) in [5.74, 6) is -2.45. The number of nitrogens with two attached hydrogens (primary N) is 1. The first-order chi connectivity index (χ1) is 7.82. The summed E-state index contributed by atoms with van der Waals surface area (Å²) in [7, 11) is 0. The fourth-order valence-corrected chi connectivity index (χ4v) is 1.70. The third-order valence-corrected chi connectivity index (χ3v) is 2.51. The van der Waals surface area contributed by atoms with Gasteiger partial charge in [0.15, 0.2) is 6.04 Å². The Labute approximate surface area is 101 Å². The average molecular weight is 244 g/mol. The SMILES string of the molecule is CCCCC(N)[C@@H](C(=O)O)N(C(C)=O)C(C)=O. The summed E-state index contributed by atoms with van der Waals surface area (Å²) in [5.41, 5.74) is 5.75. The Kier molecular flexibility index (Phi) is 6.42. The molecule has 2 atom stereocenters. The lowest BCUT2D eigenvalue weighted by atomic mass is 10.0. The van der Waals surface area contributed by atoms with Gasteiger partial charge in [-0.3, -0.25) is 14.5 Å². The number of rotatable bonds is 6. The number of hydrogen-bond acceptors (Lipinski definition) is 4. The number of amides is 2. The maximum Gasteiger partial charge on any atom is 0.328 e. The first kappa shape index (κ1) is 15.6. The van der Waals surface area contributed by atoms with Crippen LogP contribution in [0.2, 0.25) is 0 Å². The molecule has 0 saturated heterocycles. The zero-order valence-corrected chi connectivity index (χ0v) is 10.5. The maximum absolute atomic E-state index is 11.3. The van der Waals surface area contributed by atoms with Crippen molar-refractivity contribution in [2.24, 2.45) is 5.73 Å². The van der Waals surface area contributed by atoms with E-state index in [0.717, 1.165) is 26.7 Å². The summed E-state index contributed by atoms with van der Waals surface area (Å²) < 4.78 is 0. The molecule has 0 saturated carbocycles. The Balaban J connectivity index is 4.98. The molecule has 2 amide bonds. The van der Waals surface area contributed by atoms with Gasteiger partial charge in [0.25, 0.3) is 0 Å². The van der Waals surface area contributed by atoms with Crippen molar-refractivity contribution < 1.29 is 19.5 Å². The second-order valence-electron chi connectivity index (χ2n) is 4.00. The molecule has 0 spiro atoms. The van der Waals surface area contributed by atoms with Gasteiger partial charge >= 0.3 is 5.97 Å². The van der Waals surface area contributed by atoms with E-state index in [0.29, 0.717) is 11.3 Å². The fraction of sp³-hybridized carbons (Fsp3) is 0.727. The highest BCUT2D eigenvalue weighted by molar-refractivity contribution is 5.97. The lowest BCUT2D eigenvalue weighted by Crippen LogP contribution is -2.55. The molecule has 0 aliphatic carbocycles. The number of aliphatic carboxylic acids is 1. The van der Waals surface area contributed by atoms with Crippen molar-refractivity contribution in [2.75, 3.05) is 0 Å². The summed E-state index contributed by atoms with van der Waals surface area (Å²) in [6, 6.07) is -2.02. The van der Waals surface area contributed by atoms with Gasteiger partial charge in [0, 0.05) is 19.9 Å². The van der Waals surface area contributed by atoms with Gasteiger partial charge in [-0.05, 0) is 6.42 Å². The van der Waals surface area contributed by atoms with Crippen LogP contribution in [-0.4, -0.2) is 39.9 Å². The highest BCUT2D eigenvalue weighted by Crippen LogP contribution is 2.11. The summed E-state index contributed by atoms with van der Waals surface area (Å²) in [6.45, 7) is 4.27. The number of hydrogen-bond donors (Lipinski definition) is 2. The first-order valence-electron chi connectivity index (χ1n) is 5.61. The van der Waals surface area contributed by atoms with Gasteiger partial charge in [0.2, 0.25) is 11.8 Å². The van der Waals surface area contributed by atoms with E-state index >= 15 is 0 Å². The van der Waals surface area contributed by atoms with Gasteiger partial charge in [-0.15, -0.1) is 0 Å². The topological polar surface area (TPSA) is 101 Å². The molecule has 3 N–H and O–H groups in total. The van der Waals surface area contributed by atoms with Crippen LogP contribution in [0.1, 0.15) is 40.0 Å². The predicted octanol–water partition coefficient (Wildman–Crippen LogP) is 0.352. The number of carboxylic acids is 1. The van der Waals surface area contributed by atoms with E-state index in [4.69, 9.17) is 10.8 Å². The first-order valence-corrected chi connectivity index (χ1v) is 5.61. The van der Waals surface area contributed by atoms with E-state index in [-0.39, 0.29) is 0 Å². The van der Waals surface area contributed by atoms with Crippen molar-refractivity contribution in [2.45, 2.75) is 52.1 Å². The number of imide groups is 1. The Bertz CT molecular complexity index is 290. The van der Waals surface area contributed by atoms with Gasteiger partial charge in [-0.2, -0.15) is 0 Å². The Morgan fingerprint density at radius 2 is 1.71 bits per heavy atom. The van der Waals surface area contributed by atoms with Crippen LogP contribution in [0.25, 0.3) is 0 Å². The van der Waals surface area contributed by atoms with Gasteiger partial charge in [-0.1, -0.05) is 19.8 Å². The molecule has 98 valence electrons. The minimum atomic E-state index is -1.28. The third-order valence-electron chi connectivity index (χ3n) is 2.51. The van der Waals surface area contributed by atoms with Gasteiger partial charge < -0.3 is 10.8 Å². The third kappa shape index (κ3) is 4.52. The van der Waals surface area contributed by atoms with E-state index in [1.807, 2.05) is 6.92 Å². The standard InChI is InChI=1S/C11H20N2O4/c1-4-5-6-9(12)10(11(16)17)13(7(2)14)8(3)15/h9-10H,4-6,12H2,1-3H3,(H,16,17)/t9?,10-/m0/s1. The summed E-state index contributed by atoms with van der Waals surface area (Å²) in [4.78, 5) is 34.4. The molecule has 6 nitrogen and oxygen atoms in total. The van der Waals surface area contributed by atoms with Crippen molar-refractivity contribution in [3.05, 3.63) is 0 Å². The minimum Gasteiger partial charge on any atom is -0.480 e. The van der Waals surface area contributed by atoms with E-state index in [1.165, 1.54) is 0 Å². The molecular formula is C11H20N2O4. The average Bonchev–Trinajstić information content (AvgIpc) is 2.20. The van der Waals surface area contributed by atoms with E-state index < -0.39 is 29.9 Å². The molecule has 0 aliphatic heterocycles. The molecule has 0 aliphatic rings. The molecule has 6 heteroatoms. The second kappa shape index (κ2) is 7.01. The van der Waals surface area contributed by atoms with Crippen LogP contribution < -0.4 is 5.73 Å².